The van der Waals surface area contributed by atoms with E-state index in [1.54, 1.807) is 53.4 Å². The molecule has 2 N–H and O–H groups in total. The number of ether oxygens (including phenoxy) is 1. The standard InChI is InChI=1S/C34H33ClN2O5/c1-2-42-27-12-8-9-24(22-27)17-19-37(20-18-32(38)39)34(41)31-16-6-4-14-29(31)28-13-3-5-15-30(28)33(40)36-23-25-10-7-11-26(35)21-25/h3-16,21-22H,2,17-20,23H2,1H3,(H,36,40)(H,38,39). The molecule has 0 unspecified atom stereocenters. The topological polar surface area (TPSA) is 95.9 Å². The van der Waals surface area contributed by atoms with Gasteiger partial charge in [-0.3, -0.25) is 14.4 Å². The summed E-state index contributed by atoms with van der Waals surface area (Å²) in [6, 6.07) is 29.1. The largest absolute Gasteiger partial charge is 0.494 e. The highest BCUT2D eigenvalue weighted by Crippen LogP contribution is 2.29. The molecule has 0 atom stereocenters. The number of benzene rings is 4. The summed E-state index contributed by atoms with van der Waals surface area (Å²) in [5.41, 5.74) is 3.85. The molecule has 7 nitrogen and oxygen atoms in total. The van der Waals surface area contributed by atoms with Crippen molar-refractivity contribution < 1.29 is 24.2 Å². The summed E-state index contributed by atoms with van der Waals surface area (Å²) in [6.45, 7) is 3.12. The molecule has 0 aliphatic heterocycles. The summed E-state index contributed by atoms with van der Waals surface area (Å²) in [7, 11) is 0. The van der Waals surface area contributed by atoms with Crippen LogP contribution in [0.1, 0.15) is 45.2 Å². The van der Waals surface area contributed by atoms with Crippen molar-refractivity contribution in [3.05, 3.63) is 124 Å². The summed E-state index contributed by atoms with van der Waals surface area (Å²) in [6.07, 6.45) is 0.340. The van der Waals surface area contributed by atoms with E-state index < -0.39 is 5.97 Å². The Morgan fingerprint density at radius 2 is 1.48 bits per heavy atom. The van der Waals surface area contributed by atoms with Crippen LogP contribution in [0.15, 0.2) is 97.1 Å². The van der Waals surface area contributed by atoms with Gasteiger partial charge in [0.2, 0.25) is 0 Å². The van der Waals surface area contributed by atoms with Crippen LogP contribution in [0.5, 0.6) is 5.75 Å². The minimum Gasteiger partial charge on any atom is -0.494 e. The highest BCUT2D eigenvalue weighted by molar-refractivity contribution is 6.30. The van der Waals surface area contributed by atoms with Gasteiger partial charge in [-0.1, -0.05) is 72.3 Å². The number of aliphatic carboxylic acids is 1. The smallest absolute Gasteiger partial charge is 0.305 e. The fourth-order valence-corrected chi connectivity index (χ4v) is 4.90. The Morgan fingerprint density at radius 1 is 0.810 bits per heavy atom. The summed E-state index contributed by atoms with van der Waals surface area (Å²) in [5, 5.41) is 12.9. The Labute approximate surface area is 250 Å². The van der Waals surface area contributed by atoms with Crippen molar-refractivity contribution >= 4 is 29.4 Å². The zero-order chi connectivity index (χ0) is 29.9. The summed E-state index contributed by atoms with van der Waals surface area (Å²) >= 11 is 6.08. The molecule has 0 heterocycles. The number of carboxylic acids is 1. The lowest BCUT2D eigenvalue weighted by Crippen LogP contribution is -2.35. The molecule has 8 heteroatoms. The molecule has 0 saturated heterocycles. The fraction of sp³-hybridized carbons (Fsp3) is 0.206. The van der Waals surface area contributed by atoms with Gasteiger partial charge in [0, 0.05) is 35.8 Å². The number of nitrogens with one attached hydrogen (secondary N) is 1. The third-order valence-corrected chi connectivity index (χ3v) is 6.96. The molecule has 0 aliphatic rings. The lowest BCUT2D eigenvalue weighted by atomic mass is 9.94. The van der Waals surface area contributed by atoms with E-state index in [0.29, 0.717) is 53.4 Å². The zero-order valence-corrected chi connectivity index (χ0v) is 24.1. The molecule has 4 aromatic rings. The van der Waals surface area contributed by atoms with Crippen LogP contribution in [-0.2, 0) is 17.8 Å². The van der Waals surface area contributed by atoms with Crippen LogP contribution in [0.3, 0.4) is 0 Å². The molecule has 4 aromatic carbocycles. The van der Waals surface area contributed by atoms with Crippen molar-refractivity contribution in [2.75, 3.05) is 19.7 Å². The van der Waals surface area contributed by atoms with E-state index in [2.05, 4.69) is 5.32 Å². The molecule has 0 saturated carbocycles. The summed E-state index contributed by atoms with van der Waals surface area (Å²) in [5.74, 6) is -0.832. The number of hydrogen-bond donors (Lipinski definition) is 2. The van der Waals surface area contributed by atoms with Crippen LogP contribution < -0.4 is 10.1 Å². The average molecular weight is 585 g/mol. The van der Waals surface area contributed by atoms with E-state index in [9.17, 15) is 19.5 Å². The van der Waals surface area contributed by atoms with E-state index >= 15 is 0 Å². The first-order valence-electron chi connectivity index (χ1n) is 13.8. The van der Waals surface area contributed by atoms with Gasteiger partial charge in [-0.05, 0) is 72.0 Å². The van der Waals surface area contributed by atoms with Gasteiger partial charge in [0.15, 0.2) is 0 Å². The van der Waals surface area contributed by atoms with E-state index in [1.807, 2.05) is 55.5 Å². The molecule has 0 spiro atoms. The first-order chi connectivity index (χ1) is 20.4. The Balaban J connectivity index is 1.59. The maximum Gasteiger partial charge on any atom is 0.305 e. The van der Waals surface area contributed by atoms with Crippen molar-refractivity contribution in [2.24, 2.45) is 0 Å². The molecule has 0 radical (unpaired) electrons. The SMILES string of the molecule is CCOc1cccc(CCN(CCC(=O)O)C(=O)c2ccccc2-c2ccccc2C(=O)NCc2cccc(Cl)c2)c1. The van der Waals surface area contributed by atoms with Crippen molar-refractivity contribution in [1.82, 2.24) is 10.2 Å². The predicted molar refractivity (Wildman–Crippen MR) is 164 cm³/mol. The number of carbonyl (C=O) groups is 3. The Bertz CT molecular complexity index is 1550. The molecule has 0 bridgehead atoms. The number of amides is 2. The van der Waals surface area contributed by atoms with E-state index in [-0.39, 0.29) is 24.8 Å². The fourth-order valence-electron chi connectivity index (χ4n) is 4.68. The van der Waals surface area contributed by atoms with E-state index in [1.165, 1.54) is 0 Å². The van der Waals surface area contributed by atoms with Gasteiger partial charge in [0.25, 0.3) is 11.8 Å². The number of hydrogen-bond acceptors (Lipinski definition) is 4. The maximum atomic E-state index is 14.0. The predicted octanol–water partition coefficient (Wildman–Crippen LogP) is 6.50. The third kappa shape index (κ3) is 8.21. The molecule has 0 fully saturated rings. The highest BCUT2D eigenvalue weighted by Gasteiger charge is 2.22. The lowest BCUT2D eigenvalue weighted by molar-refractivity contribution is -0.137. The van der Waals surface area contributed by atoms with Crippen molar-refractivity contribution in [3.8, 4) is 16.9 Å². The number of rotatable bonds is 13. The number of halogens is 1. The van der Waals surface area contributed by atoms with Crippen molar-refractivity contribution in [2.45, 2.75) is 26.3 Å². The average Bonchev–Trinajstić information content (AvgIpc) is 3.00. The van der Waals surface area contributed by atoms with E-state index in [0.717, 1.165) is 16.9 Å². The molecule has 2 amide bonds. The molecular formula is C34H33ClN2O5. The van der Waals surface area contributed by atoms with Gasteiger partial charge in [0.1, 0.15) is 5.75 Å². The van der Waals surface area contributed by atoms with Crippen LogP contribution in [0, 0.1) is 0 Å². The normalized spacial score (nSPS) is 10.6. The first kappa shape index (κ1) is 30.3. The van der Waals surface area contributed by atoms with Crippen LogP contribution in [0.4, 0.5) is 0 Å². The zero-order valence-electron chi connectivity index (χ0n) is 23.4. The molecular weight excluding hydrogens is 552 g/mol. The third-order valence-electron chi connectivity index (χ3n) is 6.72. The number of nitrogens with zero attached hydrogens (tertiary/aromatic N) is 1. The van der Waals surface area contributed by atoms with E-state index in [4.69, 9.17) is 16.3 Å². The maximum absolute atomic E-state index is 14.0. The molecule has 216 valence electrons. The van der Waals surface area contributed by atoms with Crippen LogP contribution in [0.2, 0.25) is 5.02 Å². The lowest BCUT2D eigenvalue weighted by Gasteiger charge is -2.24. The second-order valence-electron chi connectivity index (χ2n) is 9.67. The van der Waals surface area contributed by atoms with Gasteiger partial charge in [-0.2, -0.15) is 0 Å². The quantitative estimate of drug-likeness (QED) is 0.187. The van der Waals surface area contributed by atoms with Gasteiger partial charge in [0.05, 0.1) is 13.0 Å². The molecule has 42 heavy (non-hydrogen) atoms. The minimum atomic E-state index is -0.985. The molecule has 0 aromatic heterocycles. The highest BCUT2D eigenvalue weighted by atomic mass is 35.5. The summed E-state index contributed by atoms with van der Waals surface area (Å²) in [4.78, 5) is 40.3. The molecule has 4 rings (SSSR count). The van der Waals surface area contributed by atoms with Crippen LogP contribution >= 0.6 is 11.6 Å². The van der Waals surface area contributed by atoms with Gasteiger partial charge in [-0.25, -0.2) is 0 Å². The minimum absolute atomic E-state index is 0.0510. The first-order valence-corrected chi connectivity index (χ1v) is 14.2. The van der Waals surface area contributed by atoms with Gasteiger partial charge in [-0.15, -0.1) is 0 Å². The summed E-state index contributed by atoms with van der Waals surface area (Å²) < 4.78 is 5.60. The van der Waals surface area contributed by atoms with Crippen LogP contribution in [-0.4, -0.2) is 47.5 Å². The number of carboxylic acid groups (broad SMARTS) is 1. The van der Waals surface area contributed by atoms with Gasteiger partial charge < -0.3 is 20.1 Å². The monoisotopic (exact) mass is 584 g/mol. The number of carbonyl (C=O) groups excluding carboxylic acids is 2. The second kappa shape index (κ2) is 14.8. The van der Waals surface area contributed by atoms with Crippen molar-refractivity contribution in [3.63, 3.8) is 0 Å². The van der Waals surface area contributed by atoms with Crippen molar-refractivity contribution in [1.29, 1.82) is 0 Å². The Hall–Kier alpha value is -4.62. The Kier molecular flexibility index (Phi) is 10.7. The van der Waals surface area contributed by atoms with Crippen LogP contribution in [0.25, 0.3) is 11.1 Å². The Morgan fingerprint density at radius 3 is 2.19 bits per heavy atom. The second-order valence-corrected chi connectivity index (χ2v) is 10.1. The molecule has 0 aliphatic carbocycles. The van der Waals surface area contributed by atoms with Gasteiger partial charge >= 0.3 is 5.97 Å².